The van der Waals surface area contributed by atoms with Gasteiger partial charge in [0.2, 0.25) is 0 Å². The van der Waals surface area contributed by atoms with Crippen molar-refractivity contribution in [3.05, 3.63) is 0 Å². The van der Waals surface area contributed by atoms with Gasteiger partial charge in [0.25, 0.3) is 0 Å². The molecule has 0 amide bonds. The van der Waals surface area contributed by atoms with Crippen LogP contribution < -0.4 is 0 Å². The fourth-order valence-corrected chi connectivity index (χ4v) is 0. The van der Waals surface area contributed by atoms with Crippen LogP contribution in [0.3, 0.4) is 0 Å². The Kier molecular flexibility index (Phi) is 16.8. The molecule has 7 heavy (non-hydrogen) atoms. The Hall–Kier alpha value is 1.45. The van der Waals surface area contributed by atoms with Gasteiger partial charge in [-0.05, 0) is 6.92 Å². The molecule has 0 aromatic carbocycles. The van der Waals surface area contributed by atoms with Crippen LogP contribution in [0.1, 0.15) is 6.92 Å². The summed E-state index contributed by atoms with van der Waals surface area (Å²) in [6.07, 6.45) is 0. The van der Waals surface area contributed by atoms with Crippen LogP contribution in [0.5, 0.6) is 0 Å². The first-order valence-electron chi connectivity index (χ1n) is 1.40. The summed E-state index contributed by atoms with van der Waals surface area (Å²) in [5.74, 6) is 0. The molecule has 0 saturated heterocycles. The Bertz CT molecular complexity index is 24.1. The van der Waals surface area contributed by atoms with Gasteiger partial charge < -0.3 is 5.11 Å². The number of hydrogen-bond donors (Lipinski definition) is 1. The molecule has 0 atom stereocenters. The van der Waals surface area contributed by atoms with Gasteiger partial charge in [0.05, 0.1) is 0 Å². The van der Waals surface area contributed by atoms with Gasteiger partial charge >= 0.3 is 42.1 Å². The first-order chi connectivity index (χ1) is 3.15. The quantitative estimate of drug-likeness (QED) is 0.657. The van der Waals surface area contributed by atoms with Crippen molar-refractivity contribution < 1.29 is 18.1 Å². The Morgan fingerprint density at radius 2 is 1.43 bits per heavy atom. The van der Waals surface area contributed by atoms with Crippen LogP contribution in [0.25, 0.3) is 0 Å². The summed E-state index contributed by atoms with van der Waals surface area (Å²) in [5.41, 5.74) is 0. The van der Waals surface area contributed by atoms with E-state index in [4.69, 9.17) is 34.2 Å². The first kappa shape index (κ1) is 11.3. The van der Waals surface area contributed by atoms with Gasteiger partial charge in [-0.2, -0.15) is 0 Å². The van der Waals surface area contributed by atoms with E-state index >= 15 is 0 Å². The van der Waals surface area contributed by atoms with Crippen LogP contribution in [-0.4, -0.2) is 11.7 Å². The molecular formula is C2H6Cl3ORh. The second-order valence-corrected chi connectivity index (χ2v) is 7.92. The first-order valence-corrected chi connectivity index (χ1v) is 7.73. The fraction of sp³-hybridized carbons (Fsp3) is 1.00. The topological polar surface area (TPSA) is 20.2 Å². The molecule has 0 rings (SSSR count). The molecule has 0 aromatic rings. The summed E-state index contributed by atoms with van der Waals surface area (Å²) < 4.78 is 0. The molecule has 0 saturated carbocycles. The molecule has 0 bridgehead atoms. The van der Waals surface area contributed by atoms with Crippen molar-refractivity contribution >= 4 is 29.1 Å². The molecule has 5 heteroatoms. The van der Waals surface area contributed by atoms with Gasteiger partial charge in [-0.1, -0.05) is 0 Å². The normalized spacial score (nSPS) is 9.00. The summed E-state index contributed by atoms with van der Waals surface area (Å²) in [4.78, 5) is 0. The average Bonchev–Trinajstić information content (AvgIpc) is 1.33. The SMILES string of the molecule is CCO.[Cl][Rh]([Cl])[Cl]. The zero-order valence-corrected chi connectivity index (χ0v) is 7.53. The van der Waals surface area contributed by atoms with Gasteiger partial charge in [0, 0.05) is 6.61 Å². The van der Waals surface area contributed by atoms with E-state index in [1.54, 1.807) is 6.92 Å². The van der Waals surface area contributed by atoms with Crippen LogP contribution in [0, 0.1) is 0 Å². The van der Waals surface area contributed by atoms with E-state index in [2.05, 4.69) is 0 Å². The van der Waals surface area contributed by atoms with E-state index in [9.17, 15) is 0 Å². The van der Waals surface area contributed by atoms with Gasteiger partial charge in [0.15, 0.2) is 0 Å². The third kappa shape index (κ3) is 105. The minimum absolute atomic E-state index is 0.250. The fourth-order valence-electron chi connectivity index (χ4n) is 0. The van der Waals surface area contributed by atoms with Gasteiger partial charge in [-0.3, -0.25) is 0 Å². The molecule has 0 radical (unpaired) electrons. The van der Waals surface area contributed by atoms with Crippen molar-refractivity contribution in [2.45, 2.75) is 6.92 Å². The molecule has 0 aliphatic carbocycles. The standard InChI is InChI=1S/C2H6O.3ClH.Rh/c1-2-3;;;;/h3H,2H2,1H3;3*1H;/q;;;;+3/p-3. The van der Waals surface area contributed by atoms with Gasteiger partial charge in [-0.25, -0.2) is 0 Å². The van der Waals surface area contributed by atoms with Crippen molar-refractivity contribution in [3.8, 4) is 0 Å². The van der Waals surface area contributed by atoms with Crippen molar-refractivity contribution in [1.29, 1.82) is 0 Å². The Labute approximate surface area is 60.6 Å². The zero-order valence-electron chi connectivity index (χ0n) is 3.62. The van der Waals surface area contributed by atoms with Crippen LogP contribution >= 0.6 is 29.1 Å². The number of rotatable bonds is 0. The van der Waals surface area contributed by atoms with Crippen LogP contribution in [0.2, 0.25) is 0 Å². The molecule has 50 valence electrons. The van der Waals surface area contributed by atoms with Crippen molar-refractivity contribution in [1.82, 2.24) is 0 Å². The third-order valence-corrected chi connectivity index (χ3v) is 0. The summed E-state index contributed by atoms with van der Waals surface area (Å²) in [6.45, 7) is 1.93. The van der Waals surface area contributed by atoms with E-state index in [1.165, 1.54) is 0 Å². The monoisotopic (exact) mass is 254 g/mol. The molecular weight excluding hydrogens is 249 g/mol. The summed E-state index contributed by atoms with van der Waals surface area (Å²) in [5, 5.41) is 7.57. The molecule has 0 aliphatic rings. The predicted molar refractivity (Wildman–Crippen MR) is 30.3 cm³/mol. The van der Waals surface area contributed by atoms with Gasteiger partial charge in [0.1, 0.15) is 0 Å². The van der Waals surface area contributed by atoms with E-state index in [0.717, 1.165) is 0 Å². The third-order valence-electron chi connectivity index (χ3n) is 0. The van der Waals surface area contributed by atoms with Crippen LogP contribution in [0.15, 0.2) is 0 Å². The summed E-state index contributed by atoms with van der Waals surface area (Å²) >= 11 is -1.66. The second kappa shape index (κ2) is 10.4. The molecule has 0 aliphatic heterocycles. The van der Waals surface area contributed by atoms with E-state index in [0.29, 0.717) is 0 Å². The van der Waals surface area contributed by atoms with Crippen LogP contribution in [0.4, 0.5) is 0 Å². The Balaban J connectivity index is 0. The van der Waals surface area contributed by atoms with Crippen molar-refractivity contribution in [3.63, 3.8) is 0 Å². The minimum atomic E-state index is -1.66. The molecule has 1 N–H and O–H groups in total. The van der Waals surface area contributed by atoms with E-state index in [1.807, 2.05) is 0 Å². The average molecular weight is 255 g/mol. The number of halogens is 3. The Morgan fingerprint density at radius 3 is 1.43 bits per heavy atom. The second-order valence-electron chi connectivity index (χ2n) is 0.459. The Morgan fingerprint density at radius 1 is 1.43 bits per heavy atom. The summed E-state index contributed by atoms with van der Waals surface area (Å²) in [6, 6.07) is 0. The van der Waals surface area contributed by atoms with E-state index < -0.39 is 13.0 Å². The summed E-state index contributed by atoms with van der Waals surface area (Å²) in [7, 11) is 14.8. The molecule has 0 aromatic heterocycles. The zero-order chi connectivity index (χ0) is 6.28. The molecule has 0 spiro atoms. The molecule has 1 nitrogen and oxygen atoms in total. The van der Waals surface area contributed by atoms with E-state index in [-0.39, 0.29) is 6.61 Å². The number of aliphatic hydroxyl groups excluding tert-OH is 1. The van der Waals surface area contributed by atoms with Crippen molar-refractivity contribution in [2.75, 3.05) is 6.61 Å². The van der Waals surface area contributed by atoms with Gasteiger partial charge in [-0.15, -0.1) is 0 Å². The van der Waals surface area contributed by atoms with Crippen LogP contribution in [-0.2, 0) is 13.0 Å². The number of hydrogen-bond acceptors (Lipinski definition) is 1. The maximum atomic E-state index is 7.57. The maximum absolute atomic E-state index is 7.57. The molecule has 0 fully saturated rings. The molecule has 0 heterocycles. The predicted octanol–water partition coefficient (Wildman–Crippen LogP) is 2.06. The molecule has 0 unspecified atom stereocenters. The number of aliphatic hydroxyl groups is 1. The van der Waals surface area contributed by atoms with Crippen molar-refractivity contribution in [2.24, 2.45) is 0 Å².